The largest absolute Gasteiger partial charge is 0.464 e. The molecule has 0 unspecified atom stereocenters. The number of nitrogens with zero attached hydrogens (tertiary/aromatic N) is 2. The van der Waals surface area contributed by atoms with Crippen LogP contribution in [0.25, 0.3) is 10.9 Å². The van der Waals surface area contributed by atoms with Crippen LogP contribution in [-0.2, 0) is 30.3 Å². The van der Waals surface area contributed by atoms with Crippen LogP contribution in [-0.4, -0.2) is 78.6 Å². The fraction of sp³-hybridized carbons (Fsp3) is 0.542. The Hall–Kier alpha value is -2.87. The number of likely N-dealkylation sites (tertiary alicyclic amines) is 1. The summed E-state index contributed by atoms with van der Waals surface area (Å²) >= 11 is 0. The smallest absolute Gasteiger partial charge is 0.302 e. The number of amides is 1. The van der Waals surface area contributed by atoms with Gasteiger partial charge in [0.25, 0.3) is 0 Å². The van der Waals surface area contributed by atoms with E-state index in [0.29, 0.717) is 12.6 Å². The van der Waals surface area contributed by atoms with Crippen molar-refractivity contribution < 1.29 is 23.9 Å². The second-order valence-corrected chi connectivity index (χ2v) is 8.84. The van der Waals surface area contributed by atoms with Gasteiger partial charge in [-0.1, -0.05) is 12.1 Å². The molecular weight excluding hydrogens is 410 g/mol. The van der Waals surface area contributed by atoms with Gasteiger partial charge in [0.15, 0.2) is 0 Å². The van der Waals surface area contributed by atoms with Crippen molar-refractivity contribution in [1.82, 2.24) is 14.8 Å². The molecule has 1 aromatic heterocycles. The zero-order valence-electron chi connectivity index (χ0n) is 18.9. The zero-order valence-corrected chi connectivity index (χ0v) is 18.9. The van der Waals surface area contributed by atoms with Crippen molar-refractivity contribution in [1.29, 1.82) is 0 Å². The summed E-state index contributed by atoms with van der Waals surface area (Å²) in [5.74, 6) is -0.641. The Labute approximate surface area is 187 Å². The fourth-order valence-corrected chi connectivity index (χ4v) is 5.31. The fourth-order valence-electron chi connectivity index (χ4n) is 5.31. The van der Waals surface area contributed by atoms with Gasteiger partial charge in [0.1, 0.15) is 13.2 Å². The number of H-pyrrole nitrogens is 1. The van der Waals surface area contributed by atoms with E-state index in [1.165, 1.54) is 30.4 Å². The first kappa shape index (κ1) is 22.3. The maximum absolute atomic E-state index is 13.5. The molecule has 2 heterocycles. The molecule has 1 N–H and O–H groups in total. The Morgan fingerprint density at radius 2 is 1.81 bits per heavy atom. The van der Waals surface area contributed by atoms with Crippen molar-refractivity contribution in [3.8, 4) is 0 Å². The number of fused-ring (bicyclic) bond motifs is 2. The number of aromatic amines is 1. The van der Waals surface area contributed by atoms with Gasteiger partial charge in [0.2, 0.25) is 5.91 Å². The molecule has 32 heavy (non-hydrogen) atoms. The maximum Gasteiger partial charge on any atom is 0.302 e. The average molecular weight is 442 g/mol. The Balaban J connectivity index is 1.52. The third-order valence-corrected chi connectivity index (χ3v) is 6.72. The van der Waals surface area contributed by atoms with Gasteiger partial charge in [-0.05, 0) is 37.1 Å². The quantitative estimate of drug-likeness (QED) is 0.662. The molecule has 1 aliphatic carbocycles. The highest BCUT2D eigenvalue weighted by Gasteiger charge is 2.42. The second-order valence-electron chi connectivity index (χ2n) is 8.84. The molecule has 8 heteroatoms. The van der Waals surface area contributed by atoms with Gasteiger partial charge in [0, 0.05) is 49.5 Å². The molecule has 0 radical (unpaired) electrons. The molecule has 2 aromatic rings. The van der Waals surface area contributed by atoms with Crippen LogP contribution in [0.15, 0.2) is 24.4 Å². The Kier molecular flexibility index (Phi) is 6.50. The Bertz CT molecular complexity index is 996. The molecule has 1 aromatic carbocycles. The van der Waals surface area contributed by atoms with Crippen LogP contribution < -0.4 is 0 Å². The SMILES string of the molecule is CC(=O)OCCN(CCOC(C)=O)C(=O)[C@@H]1C[C@@H]2c3cccc4[nH]cc(c34)C[C@H]2N(C)C1. The Morgan fingerprint density at radius 3 is 2.47 bits per heavy atom. The summed E-state index contributed by atoms with van der Waals surface area (Å²) in [5, 5.41) is 1.30. The number of benzene rings is 1. The number of aromatic nitrogens is 1. The van der Waals surface area contributed by atoms with Crippen molar-refractivity contribution in [3.05, 3.63) is 35.5 Å². The summed E-state index contributed by atoms with van der Waals surface area (Å²) in [5.41, 5.74) is 3.81. The van der Waals surface area contributed by atoms with E-state index < -0.39 is 0 Å². The molecule has 1 fully saturated rings. The lowest BCUT2D eigenvalue weighted by molar-refractivity contribution is -0.148. The minimum absolute atomic E-state index is 0.0154. The maximum atomic E-state index is 13.5. The molecular formula is C24H31N3O5. The molecule has 8 nitrogen and oxygen atoms in total. The highest BCUT2D eigenvalue weighted by atomic mass is 16.5. The van der Waals surface area contributed by atoms with E-state index in [-0.39, 0.29) is 56.0 Å². The molecule has 2 aliphatic rings. The lowest BCUT2D eigenvalue weighted by Gasteiger charge is -2.45. The van der Waals surface area contributed by atoms with Gasteiger partial charge in [-0.3, -0.25) is 14.4 Å². The molecule has 172 valence electrons. The normalized spacial score (nSPS) is 22.3. The van der Waals surface area contributed by atoms with Crippen molar-refractivity contribution >= 4 is 28.7 Å². The number of hydrogen-bond acceptors (Lipinski definition) is 6. The summed E-state index contributed by atoms with van der Waals surface area (Å²) in [6, 6.07) is 6.74. The summed E-state index contributed by atoms with van der Waals surface area (Å²) < 4.78 is 10.1. The van der Waals surface area contributed by atoms with Crippen LogP contribution >= 0.6 is 0 Å². The van der Waals surface area contributed by atoms with Crippen LogP contribution in [0, 0.1) is 5.92 Å². The van der Waals surface area contributed by atoms with Crippen LogP contribution in [0.5, 0.6) is 0 Å². The van der Waals surface area contributed by atoms with E-state index in [0.717, 1.165) is 18.4 Å². The summed E-state index contributed by atoms with van der Waals surface area (Å²) in [6.07, 6.45) is 3.86. The van der Waals surface area contributed by atoms with Crippen molar-refractivity contribution in [2.45, 2.75) is 38.6 Å². The van der Waals surface area contributed by atoms with Gasteiger partial charge >= 0.3 is 11.9 Å². The third kappa shape index (κ3) is 4.50. The van der Waals surface area contributed by atoms with E-state index >= 15 is 0 Å². The van der Waals surface area contributed by atoms with Crippen LogP contribution in [0.4, 0.5) is 0 Å². The first-order chi connectivity index (χ1) is 15.3. The average Bonchev–Trinajstić information content (AvgIpc) is 3.16. The minimum Gasteiger partial charge on any atom is -0.464 e. The minimum atomic E-state index is -0.379. The van der Waals surface area contributed by atoms with Crippen LogP contribution in [0.3, 0.4) is 0 Å². The lowest BCUT2D eigenvalue weighted by atomic mass is 9.72. The second kappa shape index (κ2) is 9.32. The first-order valence-corrected chi connectivity index (χ1v) is 11.2. The highest BCUT2D eigenvalue weighted by Crippen LogP contribution is 2.44. The van der Waals surface area contributed by atoms with Gasteiger partial charge in [-0.25, -0.2) is 0 Å². The van der Waals surface area contributed by atoms with Crippen LogP contribution in [0.2, 0.25) is 0 Å². The number of ether oxygens (including phenoxy) is 2. The van der Waals surface area contributed by atoms with Crippen molar-refractivity contribution in [3.63, 3.8) is 0 Å². The van der Waals surface area contributed by atoms with Gasteiger partial charge in [0.05, 0.1) is 19.0 Å². The molecule has 0 spiro atoms. The standard InChI is InChI=1S/C24H31N3O5/c1-15(28)31-9-7-27(8-10-32-16(2)29)24(30)18-11-20-19-5-4-6-21-23(19)17(13-25-21)12-22(20)26(3)14-18/h4-6,13,18,20,22,25H,7-12,14H2,1-3H3/t18-,20-,22-/m1/s1. The van der Waals surface area contributed by atoms with Crippen LogP contribution in [0.1, 0.15) is 37.3 Å². The number of carbonyl (C=O) groups excluding carboxylic acids is 3. The Morgan fingerprint density at radius 1 is 1.12 bits per heavy atom. The molecule has 3 atom stereocenters. The van der Waals surface area contributed by atoms with Crippen molar-refractivity contribution in [2.24, 2.45) is 5.92 Å². The van der Waals surface area contributed by atoms with E-state index in [4.69, 9.17) is 9.47 Å². The summed E-state index contributed by atoms with van der Waals surface area (Å²) in [6.45, 7) is 4.19. The zero-order chi connectivity index (χ0) is 22.8. The number of nitrogens with one attached hydrogen (secondary N) is 1. The number of rotatable bonds is 7. The van der Waals surface area contributed by atoms with Gasteiger partial charge in [-0.15, -0.1) is 0 Å². The predicted molar refractivity (Wildman–Crippen MR) is 119 cm³/mol. The van der Waals surface area contributed by atoms with Crippen molar-refractivity contribution in [2.75, 3.05) is 39.9 Å². The van der Waals surface area contributed by atoms with E-state index in [1.807, 2.05) is 0 Å². The molecule has 4 rings (SSSR count). The molecule has 1 aliphatic heterocycles. The number of likely N-dealkylation sites (N-methyl/N-ethyl adjacent to an activating group) is 1. The summed E-state index contributed by atoms with van der Waals surface area (Å²) in [4.78, 5) is 43.2. The number of esters is 2. The van der Waals surface area contributed by atoms with E-state index in [9.17, 15) is 14.4 Å². The number of piperidine rings is 1. The monoisotopic (exact) mass is 441 g/mol. The molecule has 1 saturated heterocycles. The van der Waals surface area contributed by atoms with E-state index in [1.54, 1.807) is 4.90 Å². The van der Waals surface area contributed by atoms with E-state index in [2.05, 4.69) is 41.3 Å². The molecule has 0 bridgehead atoms. The summed E-state index contributed by atoms with van der Waals surface area (Å²) in [7, 11) is 2.09. The van der Waals surface area contributed by atoms with Gasteiger partial charge in [-0.2, -0.15) is 0 Å². The topological polar surface area (TPSA) is 91.9 Å². The number of carbonyl (C=O) groups is 3. The molecule has 0 saturated carbocycles. The highest BCUT2D eigenvalue weighted by molar-refractivity contribution is 5.88. The number of hydrogen-bond donors (Lipinski definition) is 1. The first-order valence-electron chi connectivity index (χ1n) is 11.2. The lowest BCUT2D eigenvalue weighted by Crippen LogP contribution is -2.52. The third-order valence-electron chi connectivity index (χ3n) is 6.72. The van der Waals surface area contributed by atoms with Gasteiger partial charge < -0.3 is 24.3 Å². The molecule has 1 amide bonds. The predicted octanol–water partition coefficient (Wildman–Crippen LogP) is 2.08.